The Morgan fingerprint density at radius 3 is 2.41 bits per heavy atom. The molecule has 0 aliphatic carbocycles. The van der Waals surface area contributed by atoms with E-state index in [1.165, 1.54) is 19.1 Å². The van der Waals surface area contributed by atoms with E-state index in [1.54, 1.807) is 0 Å². The highest BCUT2D eigenvalue weighted by molar-refractivity contribution is 5.92. The van der Waals surface area contributed by atoms with Crippen molar-refractivity contribution in [3.8, 4) is 0 Å². The van der Waals surface area contributed by atoms with Crippen molar-refractivity contribution in [3.63, 3.8) is 0 Å². The average molecular weight is 402 g/mol. The fourth-order valence-corrected chi connectivity index (χ4v) is 2.95. The molecule has 0 bridgehead atoms. The van der Waals surface area contributed by atoms with Gasteiger partial charge in [-0.1, -0.05) is 30.3 Å². The third-order valence-corrected chi connectivity index (χ3v) is 4.25. The van der Waals surface area contributed by atoms with Crippen molar-refractivity contribution in [2.75, 3.05) is 37.8 Å². The molecular formula is C21H27FN4O3. The normalized spacial score (nSPS) is 12.9. The number of urea groups is 1. The van der Waals surface area contributed by atoms with Crippen molar-refractivity contribution in [2.24, 2.45) is 5.92 Å². The maximum atomic E-state index is 13.7. The molecule has 0 saturated carbocycles. The van der Waals surface area contributed by atoms with Gasteiger partial charge in [-0.15, -0.1) is 0 Å². The molecule has 2 aromatic carbocycles. The summed E-state index contributed by atoms with van der Waals surface area (Å²) in [5.41, 5.74) is 1.10. The highest BCUT2D eigenvalue weighted by atomic mass is 19.1. The first kappa shape index (κ1) is 22.3. The number of aliphatic hydroxyl groups excluding tert-OH is 1. The van der Waals surface area contributed by atoms with Gasteiger partial charge < -0.3 is 26.0 Å². The van der Waals surface area contributed by atoms with Crippen LogP contribution < -0.4 is 16.0 Å². The van der Waals surface area contributed by atoms with Crippen molar-refractivity contribution in [3.05, 3.63) is 59.9 Å². The molecule has 3 amide bonds. The summed E-state index contributed by atoms with van der Waals surface area (Å²) in [6, 6.07) is 12.7. The zero-order valence-corrected chi connectivity index (χ0v) is 16.8. The number of nitrogens with zero attached hydrogens (tertiary/aromatic N) is 1. The molecule has 0 spiro atoms. The molecule has 29 heavy (non-hydrogen) atoms. The highest BCUT2D eigenvalue weighted by Gasteiger charge is 2.22. The van der Waals surface area contributed by atoms with Gasteiger partial charge in [-0.3, -0.25) is 4.79 Å². The van der Waals surface area contributed by atoms with Crippen molar-refractivity contribution in [1.82, 2.24) is 10.2 Å². The molecule has 0 heterocycles. The summed E-state index contributed by atoms with van der Waals surface area (Å²) in [6.45, 7) is 2.08. The molecule has 0 unspecified atom stereocenters. The Balaban J connectivity index is 2.00. The lowest BCUT2D eigenvalue weighted by Crippen LogP contribution is -2.39. The van der Waals surface area contributed by atoms with Gasteiger partial charge in [-0.25, -0.2) is 9.18 Å². The molecule has 4 N–H and O–H groups in total. The number of hydrogen-bond acceptors (Lipinski definition) is 4. The van der Waals surface area contributed by atoms with Gasteiger partial charge in [-0.2, -0.15) is 0 Å². The topological polar surface area (TPSA) is 93.7 Å². The van der Waals surface area contributed by atoms with Crippen LogP contribution in [0.3, 0.4) is 0 Å². The molecule has 0 radical (unpaired) electrons. The summed E-state index contributed by atoms with van der Waals surface area (Å²) >= 11 is 0. The lowest BCUT2D eigenvalue weighted by Gasteiger charge is -2.26. The number of carbonyl (C=O) groups is 2. The maximum Gasteiger partial charge on any atom is 0.319 e. The molecule has 156 valence electrons. The number of aliphatic hydroxyl groups is 1. The van der Waals surface area contributed by atoms with Gasteiger partial charge in [0.25, 0.3) is 0 Å². The van der Waals surface area contributed by atoms with Crippen LogP contribution in [0.15, 0.2) is 48.5 Å². The molecule has 0 fully saturated rings. The lowest BCUT2D eigenvalue weighted by molar-refractivity contribution is -0.114. The first-order valence-electron chi connectivity index (χ1n) is 9.26. The number of benzene rings is 2. The van der Waals surface area contributed by atoms with Crippen LogP contribution in [0, 0.1) is 11.7 Å². The number of anilines is 2. The smallest absolute Gasteiger partial charge is 0.319 e. The van der Waals surface area contributed by atoms with Crippen molar-refractivity contribution >= 4 is 23.3 Å². The number of hydrogen-bond donors (Lipinski definition) is 4. The van der Waals surface area contributed by atoms with Crippen LogP contribution in [0.4, 0.5) is 20.6 Å². The van der Waals surface area contributed by atoms with Crippen LogP contribution in [-0.4, -0.2) is 49.1 Å². The molecule has 0 aliphatic heterocycles. The molecule has 2 rings (SSSR count). The van der Waals surface area contributed by atoms with Crippen LogP contribution in [-0.2, 0) is 4.79 Å². The first-order chi connectivity index (χ1) is 13.8. The number of amides is 3. The number of halogens is 1. The molecule has 0 aromatic heterocycles. The maximum absolute atomic E-state index is 13.7. The Hall–Kier alpha value is -2.97. The Labute approximate surface area is 169 Å². The average Bonchev–Trinajstić information content (AvgIpc) is 2.67. The Kier molecular flexibility index (Phi) is 8.11. The standard InChI is InChI=1S/C21H27FN4O3/c1-14(27)24-19-11-17(9-10-18(19)22)25-21(29)23-12-16(13-26(2)3)20(28)15-7-5-4-6-8-15/h4-11,16,20,28H,12-13H2,1-3H3,(H,24,27)(H2,23,25,29)/t16-,20+/m1/s1. The van der Waals surface area contributed by atoms with Gasteiger partial charge in [0.2, 0.25) is 5.91 Å². The Morgan fingerprint density at radius 1 is 1.10 bits per heavy atom. The lowest BCUT2D eigenvalue weighted by atomic mass is 9.95. The van der Waals surface area contributed by atoms with Gasteiger partial charge >= 0.3 is 6.03 Å². The van der Waals surface area contributed by atoms with Crippen LogP contribution in [0.2, 0.25) is 0 Å². The van der Waals surface area contributed by atoms with E-state index in [9.17, 15) is 19.1 Å². The molecule has 0 aliphatic rings. The van der Waals surface area contributed by atoms with Crippen molar-refractivity contribution in [1.29, 1.82) is 0 Å². The van der Waals surface area contributed by atoms with E-state index >= 15 is 0 Å². The summed E-state index contributed by atoms with van der Waals surface area (Å²) < 4.78 is 13.7. The van der Waals surface area contributed by atoms with Gasteiger partial charge in [0.05, 0.1) is 11.8 Å². The SMILES string of the molecule is CC(=O)Nc1cc(NC(=O)NC[C@H](CN(C)C)[C@@H](O)c2ccccc2)ccc1F. The summed E-state index contributed by atoms with van der Waals surface area (Å²) in [6.07, 6.45) is -0.740. The Morgan fingerprint density at radius 2 is 1.79 bits per heavy atom. The monoisotopic (exact) mass is 402 g/mol. The third-order valence-electron chi connectivity index (χ3n) is 4.25. The van der Waals surface area contributed by atoms with E-state index in [-0.39, 0.29) is 18.2 Å². The van der Waals surface area contributed by atoms with Crippen LogP contribution >= 0.6 is 0 Å². The molecular weight excluding hydrogens is 375 g/mol. The molecule has 2 aromatic rings. The second kappa shape index (κ2) is 10.5. The summed E-state index contributed by atoms with van der Waals surface area (Å²) in [5.74, 6) is -1.24. The molecule has 0 saturated heterocycles. The van der Waals surface area contributed by atoms with E-state index in [0.717, 1.165) is 11.6 Å². The van der Waals surface area contributed by atoms with E-state index in [0.29, 0.717) is 12.2 Å². The summed E-state index contributed by atoms with van der Waals surface area (Å²) in [5, 5.41) is 18.4. The van der Waals surface area contributed by atoms with Crippen LogP contribution in [0.25, 0.3) is 0 Å². The number of rotatable bonds is 8. The quantitative estimate of drug-likeness (QED) is 0.546. The fraction of sp³-hybridized carbons (Fsp3) is 0.333. The van der Waals surface area contributed by atoms with Gasteiger partial charge in [0.15, 0.2) is 0 Å². The number of carbonyl (C=O) groups excluding carboxylic acids is 2. The zero-order chi connectivity index (χ0) is 21.4. The number of nitrogens with one attached hydrogen (secondary N) is 3. The zero-order valence-electron chi connectivity index (χ0n) is 16.8. The van der Waals surface area contributed by atoms with Crippen molar-refractivity contribution < 1.29 is 19.1 Å². The van der Waals surface area contributed by atoms with E-state index < -0.39 is 23.9 Å². The third kappa shape index (κ3) is 7.17. The van der Waals surface area contributed by atoms with E-state index in [2.05, 4.69) is 16.0 Å². The molecule has 2 atom stereocenters. The van der Waals surface area contributed by atoms with Crippen LogP contribution in [0.1, 0.15) is 18.6 Å². The predicted molar refractivity (Wildman–Crippen MR) is 111 cm³/mol. The molecule has 7 nitrogen and oxygen atoms in total. The fourth-order valence-electron chi connectivity index (χ4n) is 2.95. The minimum absolute atomic E-state index is 0.0136. The first-order valence-corrected chi connectivity index (χ1v) is 9.26. The van der Waals surface area contributed by atoms with Gasteiger partial charge in [0.1, 0.15) is 5.82 Å². The second-order valence-corrected chi connectivity index (χ2v) is 7.09. The molecule has 8 heteroatoms. The van der Waals surface area contributed by atoms with Gasteiger partial charge in [-0.05, 0) is 37.9 Å². The summed E-state index contributed by atoms with van der Waals surface area (Å²) in [7, 11) is 3.79. The van der Waals surface area contributed by atoms with E-state index in [4.69, 9.17) is 0 Å². The predicted octanol–water partition coefficient (Wildman–Crippen LogP) is 2.82. The largest absolute Gasteiger partial charge is 0.388 e. The minimum Gasteiger partial charge on any atom is -0.388 e. The minimum atomic E-state index is -0.740. The Bertz CT molecular complexity index is 830. The second-order valence-electron chi connectivity index (χ2n) is 7.09. The summed E-state index contributed by atoms with van der Waals surface area (Å²) in [4.78, 5) is 25.4. The van der Waals surface area contributed by atoms with Gasteiger partial charge in [0, 0.05) is 31.6 Å². The van der Waals surface area contributed by atoms with Crippen LogP contribution in [0.5, 0.6) is 0 Å². The van der Waals surface area contributed by atoms with E-state index in [1.807, 2.05) is 49.3 Å². The highest BCUT2D eigenvalue weighted by Crippen LogP contribution is 2.22. The van der Waals surface area contributed by atoms with Crippen molar-refractivity contribution in [2.45, 2.75) is 13.0 Å².